The van der Waals surface area contributed by atoms with Crippen molar-refractivity contribution >= 4 is 39.9 Å². The molecule has 156 valence electrons. The molecular formula is C26H19N3O3. The lowest BCUT2D eigenvalue weighted by Gasteiger charge is -2.22. The van der Waals surface area contributed by atoms with Crippen molar-refractivity contribution in [1.29, 1.82) is 0 Å². The van der Waals surface area contributed by atoms with Crippen LogP contribution in [0.5, 0.6) is 0 Å². The molecule has 0 aliphatic carbocycles. The normalized spacial score (nSPS) is 13.9. The van der Waals surface area contributed by atoms with Gasteiger partial charge in [-0.3, -0.25) is 4.90 Å². The monoisotopic (exact) mass is 421 g/mol. The number of urea groups is 1. The molecular weight excluding hydrogens is 402 g/mol. The van der Waals surface area contributed by atoms with Crippen molar-refractivity contribution in [1.82, 2.24) is 0 Å². The lowest BCUT2D eigenvalue weighted by atomic mass is 10.0. The second-order valence-electron chi connectivity index (χ2n) is 7.44. The van der Waals surface area contributed by atoms with Crippen LogP contribution in [-0.4, -0.2) is 17.7 Å². The summed E-state index contributed by atoms with van der Waals surface area (Å²) in [5.74, 6) is -0.545. The van der Waals surface area contributed by atoms with E-state index in [1.165, 1.54) is 4.90 Å². The fourth-order valence-electron chi connectivity index (χ4n) is 4.06. The first-order valence-electron chi connectivity index (χ1n) is 10.2. The Hall–Kier alpha value is -4.45. The van der Waals surface area contributed by atoms with Crippen LogP contribution in [0.2, 0.25) is 0 Å². The molecule has 0 spiro atoms. The third kappa shape index (κ3) is 3.37. The van der Waals surface area contributed by atoms with Gasteiger partial charge in [-0.05, 0) is 34.5 Å². The predicted octanol–water partition coefficient (Wildman–Crippen LogP) is 5.17. The van der Waals surface area contributed by atoms with E-state index in [4.69, 9.17) is 10.6 Å². The molecule has 0 saturated heterocycles. The third-order valence-corrected chi connectivity index (χ3v) is 5.51. The molecule has 0 fully saturated rings. The van der Waals surface area contributed by atoms with Gasteiger partial charge in [0.05, 0.1) is 22.6 Å². The molecule has 0 bridgehead atoms. The zero-order valence-electron chi connectivity index (χ0n) is 17.1. The van der Waals surface area contributed by atoms with Crippen LogP contribution in [0.3, 0.4) is 0 Å². The lowest BCUT2D eigenvalue weighted by molar-refractivity contribution is 0.0518. The van der Waals surface area contributed by atoms with Crippen LogP contribution in [0, 0.1) is 0 Å². The quantitative estimate of drug-likeness (QED) is 0.358. The first-order valence-corrected chi connectivity index (χ1v) is 10.2. The van der Waals surface area contributed by atoms with Crippen LogP contribution in [0.15, 0.2) is 96.2 Å². The second kappa shape index (κ2) is 8.00. The number of nitrogens with two attached hydrogens (primary N) is 1. The topological polar surface area (TPSA) is 85.0 Å². The molecule has 1 aliphatic heterocycles. The molecule has 0 unspecified atom stereocenters. The van der Waals surface area contributed by atoms with Crippen LogP contribution in [0.1, 0.15) is 21.5 Å². The highest BCUT2D eigenvalue weighted by atomic mass is 16.7. The van der Waals surface area contributed by atoms with Gasteiger partial charge in [0.25, 0.3) is 0 Å². The Labute approximate surface area is 184 Å². The smallest absolute Gasteiger partial charge is 0.351 e. The number of amides is 2. The van der Waals surface area contributed by atoms with E-state index < -0.39 is 12.0 Å². The number of carbonyl (C=O) groups excluding carboxylic acids is 2. The maximum absolute atomic E-state index is 12.9. The second-order valence-corrected chi connectivity index (χ2v) is 7.44. The Morgan fingerprint density at radius 2 is 1.50 bits per heavy atom. The molecule has 6 heteroatoms. The summed E-state index contributed by atoms with van der Waals surface area (Å²) in [5, 5.41) is 5.99. The van der Waals surface area contributed by atoms with Gasteiger partial charge in [0.15, 0.2) is 0 Å². The summed E-state index contributed by atoms with van der Waals surface area (Å²) >= 11 is 0. The molecule has 2 amide bonds. The predicted molar refractivity (Wildman–Crippen MR) is 124 cm³/mol. The van der Waals surface area contributed by atoms with E-state index in [9.17, 15) is 9.59 Å². The Morgan fingerprint density at radius 1 is 0.812 bits per heavy atom. The lowest BCUT2D eigenvalue weighted by Crippen LogP contribution is -2.32. The van der Waals surface area contributed by atoms with Crippen molar-refractivity contribution in [2.45, 2.75) is 6.42 Å². The fourth-order valence-corrected chi connectivity index (χ4v) is 4.06. The minimum atomic E-state index is -0.598. The molecule has 4 aromatic carbocycles. The first-order chi connectivity index (χ1) is 15.6. The van der Waals surface area contributed by atoms with E-state index in [2.05, 4.69) is 5.16 Å². The number of anilines is 2. The van der Waals surface area contributed by atoms with Gasteiger partial charge >= 0.3 is 12.0 Å². The molecule has 6 nitrogen and oxygen atoms in total. The molecule has 32 heavy (non-hydrogen) atoms. The Balaban J connectivity index is 1.57. The third-order valence-electron chi connectivity index (χ3n) is 5.51. The SMILES string of the molecule is NC(=O)N1c2ccccc2C/C(=N/OC(=O)c2cccc3ccccc23)c2ccccc21. The van der Waals surface area contributed by atoms with Crippen molar-refractivity contribution in [3.8, 4) is 0 Å². The van der Waals surface area contributed by atoms with Crippen LogP contribution in [-0.2, 0) is 11.3 Å². The van der Waals surface area contributed by atoms with E-state index in [0.29, 0.717) is 34.6 Å². The summed E-state index contributed by atoms with van der Waals surface area (Å²) in [6, 6.07) is 27.2. The number of hydrogen-bond donors (Lipinski definition) is 1. The standard InChI is InChI=1S/C26H19N3O3/c27-26(31)29-23-14-5-2-9-18(23)16-22(21-12-4-6-15-24(21)29)28-32-25(30)20-13-7-10-17-8-1-3-11-19(17)20/h1-15H,16H2,(H2,27,31)/b28-22-. The molecule has 4 aromatic rings. The van der Waals surface area contributed by atoms with Crippen molar-refractivity contribution in [3.63, 3.8) is 0 Å². The molecule has 1 aliphatic rings. The number of oxime groups is 1. The van der Waals surface area contributed by atoms with E-state index in [-0.39, 0.29) is 0 Å². The van der Waals surface area contributed by atoms with Crippen LogP contribution >= 0.6 is 0 Å². The zero-order valence-corrected chi connectivity index (χ0v) is 17.1. The number of rotatable bonds is 2. The van der Waals surface area contributed by atoms with Crippen LogP contribution in [0.25, 0.3) is 10.8 Å². The summed E-state index contributed by atoms with van der Waals surface area (Å²) in [7, 11) is 0. The van der Waals surface area contributed by atoms with Gasteiger partial charge in [-0.15, -0.1) is 0 Å². The maximum Gasteiger partial charge on any atom is 0.366 e. The van der Waals surface area contributed by atoms with Crippen molar-refractivity contribution in [3.05, 3.63) is 108 Å². The van der Waals surface area contributed by atoms with Gasteiger partial charge in [-0.2, -0.15) is 0 Å². The van der Waals surface area contributed by atoms with E-state index in [1.54, 1.807) is 12.1 Å². The molecule has 0 aromatic heterocycles. The summed E-state index contributed by atoms with van der Waals surface area (Å²) < 4.78 is 0. The minimum Gasteiger partial charge on any atom is -0.351 e. The summed E-state index contributed by atoms with van der Waals surface area (Å²) in [4.78, 5) is 32.1. The van der Waals surface area contributed by atoms with Gasteiger partial charge in [0, 0.05) is 12.0 Å². The zero-order chi connectivity index (χ0) is 22.1. The number of benzene rings is 4. The highest BCUT2D eigenvalue weighted by Gasteiger charge is 2.27. The van der Waals surface area contributed by atoms with E-state index in [0.717, 1.165) is 16.3 Å². The number of para-hydroxylation sites is 2. The number of primary amides is 1. The van der Waals surface area contributed by atoms with E-state index in [1.807, 2.05) is 78.9 Å². The molecule has 5 rings (SSSR count). The average molecular weight is 421 g/mol. The number of nitrogens with zero attached hydrogens (tertiary/aromatic N) is 2. The molecule has 0 radical (unpaired) electrons. The van der Waals surface area contributed by atoms with Gasteiger partial charge in [0.1, 0.15) is 0 Å². The molecule has 2 N–H and O–H groups in total. The maximum atomic E-state index is 12.9. The number of fused-ring (bicyclic) bond motifs is 3. The summed E-state index contributed by atoms with van der Waals surface area (Å²) in [6.07, 6.45) is 0.375. The Bertz CT molecular complexity index is 1390. The summed E-state index contributed by atoms with van der Waals surface area (Å²) in [6.45, 7) is 0. The van der Waals surface area contributed by atoms with Crippen LogP contribution < -0.4 is 10.6 Å². The van der Waals surface area contributed by atoms with Gasteiger partial charge in [-0.1, -0.05) is 78.0 Å². The Kier molecular flexibility index (Phi) is 4.88. The average Bonchev–Trinajstić information content (AvgIpc) is 2.96. The highest BCUT2D eigenvalue weighted by molar-refractivity contribution is 6.14. The summed E-state index contributed by atoms with van der Waals surface area (Å²) in [5.41, 5.74) is 9.49. The van der Waals surface area contributed by atoms with E-state index >= 15 is 0 Å². The van der Waals surface area contributed by atoms with Crippen molar-refractivity contribution in [2.75, 3.05) is 4.90 Å². The van der Waals surface area contributed by atoms with Gasteiger partial charge in [0.2, 0.25) is 0 Å². The highest BCUT2D eigenvalue weighted by Crippen LogP contribution is 2.36. The van der Waals surface area contributed by atoms with Gasteiger partial charge < -0.3 is 10.6 Å². The van der Waals surface area contributed by atoms with Gasteiger partial charge in [-0.25, -0.2) is 9.59 Å². The van der Waals surface area contributed by atoms with Crippen molar-refractivity contribution in [2.24, 2.45) is 10.9 Å². The molecule has 0 saturated carbocycles. The number of hydrogen-bond acceptors (Lipinski definition) is 4. The van der Waals surface area contributed by atoms with Crippen molar-refractivity contribution < 1.29 is 14.4 Å². The Morgan fingerprint density at radius 3 is 2.34 bits per heavy atom. The fraction of sp³-hybridized carbons (Fsp3) is 0.0385. The molecule has 1 heterocycles. The molecule has 0 atom stereocenters. The minimum absolute atomic E-state index is 0.375. The number of carbonyl (C=O) groups is 2. The first kappa shape index (κ1) is 19.5. The largest absolute Gasteiger partial charge is 0.366 e. The van der Waals surface area contributed by atoms with Crippen LogP contribution in [0.4, 0.5) is 16.2 Å².